The van der Waals surface area contributed by atoms with Crippen molar-refractivity contribution in [2.24, 2.45) is 11.5 Å². The second-order valence-electron chi connectivity index (χ2n) is 7.30. The molecule has 32 heavy (non-hydrogen) atoms. The molecule has 0 spiro atoms. The van der Waals surface area contributed by atoms with E-state index in [-0.39, 0.29) is 12.8 Å². The van der Waals surface area contributed by atoms with Gasteiger partial charge in [-0.05, 0) is 51.2 Å². The summed E-state index contributed by atoms with van der Waals surface area (Å²) < 4.78 is 0. The monoisotopic (exact) mass is 477 g/mol. The van der Waals surface area contributed by atoms with Crippen molar-refractivity contribution in [1.82, 2.24) is 16.0 Å². The third kappa shape index (κ3) is 12.5. The average Bonchev–Trinajstić information content (AvgIpc) is 2.73. The molecule has 0 aromatic heterocycles. The fraction of sp³-hybridized carbons (Fsp3) is 0.737. The quantitative estimate of drug-likeness (QED) is 0.122. The molecule has 0 aliphatic heterocycles. The summed E-state index contributed by atoms with van der Waals surface area (Å²) in [4.78, 5) is 59.4. The number of aliphatic carboxylic acids is 2. The van der Waals surface area contributed by atoms with Crippen molar-refractivity contribution in [3.05, 3.63) is 0 Å². The molecule has 0 fully saturated rings. The minimum atomic E-state index is -1.22. The van der Waals surface area contributed by atoms with Gasteiger partial charge < -0.3 is 37.6 Å². The molecule has 12 nitrogen and oxygen atoms in total. The fourth-order valence-corrected chi connectivity index (χ4v) is 3.10. The first-order valence-electron chi connectivity index (χ1n) is 10.3. The Morgan fingerprint density at radius 3 is 2.03 bits per heavy atom. The zero-order chi connectivity index (χ0) is 24.7. The summed E-state index contributed by atoms with van der Waals surface area (Å²) in [5.74, 6) is -3.93. The molecule has 9 N–H and O–H groups in total. The number of rotatable bonds is 17. The van der Waals surface area contributed by atoms with Crippen LogP contribution in [0.5, 0.6) is 0 Å². The number of carboxylic acids is 2. The standard InChI is InChI=1S/C19H35N5O7S/c1-11(16(27)24-14(19(30)31)8-10-32-2)22-18(29)13(6-7-15(25)26)23-17(28)12(21)5-3-4-9-20/h11-14H,3-10,20-21H2,1-2H3,(H,22,29)(H,23,28)(H,24,27)(H,25,26)(H,30,31). The van der Waals surface area contributed by atoms with Crippen LogP contribution < -0.4 is 27.4 Å². The number of carbonyl (C=O) groups excluding carboxylic acids is 3. The SMILES string of the molecule is CSCCC(NC(=O)C(C)NC(=O)C(CCC(=O)O)NC(=O)C(N)CCCCN)C(=O)O. The number of amides is 3. The van der Waals surface area contributed by atoms with Gasteiger partial charge in [0.15, 0.2) is 0 Å². The lowest BCUT2D eigenvalue weighted by Gasteiger charge is -2.23. The lowest BCUT2D eigenvalue weighted by Crippen LogP contribution is -2.56. The van der Waals surface area contributed by atoms with Gasteiger partial charge in [-0.1, -0.05) is 6.42 Å². The molecule has 0 saturated heterocycles. The van der Waals surface area contributed by atoms with Crippen molar-refractivity contribution in [3.8, 4) is 0 Å². The van der Waals surface area contributed by atoms with Gasteiger partial charge in [0.25, 0.3) is 0 Å². The summed E-state index contributed by atoms with van der Waals surface area (Å²) in [6.45, 7) is 1.81. The fourth-order valence-electron chi connectivity index (χ4n) is 2.62. The van der Waals surface area contributed by atoms with Crippen molar-refractivity contribution in [2.45, 2.75) is 69.6 Å². The van der Waals surface area contributed by atoms with Crippen molar-refractivity contribution in [3.63, 3.8) is 0 Å². The molecule has 0 aliphatic rings. The Hall–Kier alpha value is -2.38. The van der Waals surface area contributed by atoms with Gasteiger partial charge in [0, 0.05) is 6.42 Å². The van der Waals surface area contributed by atoms with Gasteiger partial charge in [0.2, 0.25) is 17.7 Å². The molecule has 0 heterocycles. The van der Waals surface area contributed by atoms with E-state index in [4.69, 9.17) is 16.6 Å². The predicted molar refractivity (Wildman–Crippen MR) is 120 cm³/mol. The highest BCUT2D eigenvalue weighted by Crippen LogP contribution is 2.04. The Bertz CT molecular complexity index is 650. The molecule has 0 aromatic rings. The molecule has 184 valence electrons. The first kappa shape index (κ1) is 29.6. The van der Waals surface area contributed by atoms with E-state index in [9.17, 15) is 29.1 Å². The number of carboxylic acid groups (broad SMARTS) is 2. The van der Waals surface area contributed by atoms with Crippen molar-refractivity contribution in [1.29, 1.82) is 0 Å². The maximum absolute atomic E-state index is 12.6. The molecule has 0 radical (unpaired) electrons. The summed E-state index contributed by atoms with van der Waals surface area (Å²) in [6, 6.07) is -4.33. The third-order valence-corrected chi connectivity index (χ3v) is 5.21. The number of carbonyl (C=O) groups is 5. The summed E-state index contributed by atoms with van der Waals surface area (Å²) in [5.41, 5.74) is 11.2. The maximum atomic E-state index is 12.6. The van der Waals surface area contributed by atoms with Gasteiger partial charge in [-0.3, -0.25) is 19.2 Å². The van der Waals surface area contributed by atoms with Crippen LogP contribution in [0.25, 0.3) is 0 Å². The van der Waals surface area contributed by atoms with Crippen LogP contribution in [0.1, 0.15) is 45.4 Å². The summed E-state index contributed by atoms with van der Waals surface area (Å²) in [7, 11) is 0. The van der Waals surface area contributed by atoms with Crippen LogP contribution in [0.15, 0.2) is 0 Å². The van der Waals surface area contributed by atoms with Gasteiger partial charge >= 0.3 is 11.9 Å². The van der Waals surface area contributed by atoms with E-state index in [2.05, 4.69) is 16.0 Å². The second kappa shape index (κ2) is 16.3. The summed E-state index contributed by atoms with van der Waals surface area (Å²) in [6.07, 6.45) is 3.07. The van der Waals surface area contributed by atoms with Gasteiger partial charge in [-0.25, -0.2) is 4.79 Å². The Balaban J connectivity index is 5.03. The summed E-state index contributed by atoms with van der Waals surface area (Å²) in [5, 5.41) is 25.3. The molecular formula is C19H35N5O7S. The molecule has 0 bridgehead atoms. The number of nitrogens with two attached hydrogens (primary N) is 2. The number of hydrogen-bond donors (Lipinski definition) is 7. The first-order chi connectivity index (χ1) is 15.0. The van der Waals surface area contributed by atoms with Crippen LogP contribution in [0, 0.1) is 0 Å². The normalized spacial score (nSPS) is 14.5. The van der Waals surface area contributed by atoms with Crippen LogP contribution >= 0.6 is 11.8 Å². The molecule has 4 unspecified atom stereocenters. The van der Waals surface area contributed by atoms with Crippen LogP contribution in [-0.2, 0) is 24.0 Å². The molecule has 0 saturated carbocycles. The molecule has 4 atom stereocenters. The van der Waals surface area contributed by atoms with E-state index in [1.54, 1.807) is 6.26 Å². The number of nitrogens with one attached hydrogen (secondary N) is 3. The van der Waals surface area contributed by atoms with E-state index in [0.29, 0.717) is 31.6 Å². The van der Waals surface area contributed by atoms with E-state index < -0.39 is 60.2 Å². The molecule has 3 amide bonds. The Morgan fingerprint density at radius 2 is 1.50 bits per heavy atom. The number of thioether (sulfide) groups is 1. The molecule has 13 heteroatoms. The van der Waals surface area contributed by atoms with Crippen LogP contribution in [0.3, 0.4) is 0 Å². The summed E-state index contributed by atoms with van der Waals surface area (Å²) >= 11 is 1.43. The van der Waals surface area contributed by atoms with E-state index in [1.807, 2.05) is 0 Å². The largest absolute Gasteiger partial charge is 0.481 e. The smallest absolute Gasteiger partial charge is 0.326 e. The van der Waals surface area contributed by atoms with Gasteiger partial charge in [0.05, 0.1) is 6.04 Å². The molecule has 0 rings (SSSR count). The zero-order valence-electron chi connectivity index (χ0n) is 18.5. The molecule has 0 aliphatic carbocycles. The highest BCUT2D eigenvalue weighted by Gasteiger charge is 2.28. The lowest BCUT2D eigenvalue weighted by atomic mass is 10.1. The van der Waals surface area contributed by atoms with Crippen LogP contribution in [0.4, 0.5) is 0 Å². The van der Waals surface area contributed by atoms with E-state index in [1.165, 1.54) is 18.7 Å². The van der Waals surface area contributed by atoms with Crippen LogP contribution in [-0.4, -0.2) is 82.6 Å². The highest BCUT2D eigenvalue weighted by molar-refractivity contribution is 7.98. The van der Waals surface area contributed by atoms with Gasteiger partial charge in [-0.2, -0.15) is 11.8 Å². The molecular weight excluding hydrogens is 442 g/mol. The highest BCUT2D eigenvalue weighted by atomic mass is 32.2. The Kier molecular flexibility index (Phi) is 15.1. The van der Waals surface area contributed by atoms with E-state index >= 15 is 0 Å². The third-order valence-electron chi connectivity index (χ3n) is 4.56. The van der Waals surface area contributed by atoms with Gasteiger partial charge in [0.1, 0.15) is 18.1 Å². The number of hydrogen-bond acceptors (Lipinski definition) is 8. The second-order valence-corrected chi connectivity index (χ2v) is 8.28. The zero-order valence-corrected chi connectivity index (χ0v) is 19.3. The van der Waals surface area contributed by atoms with Crippen LogP contribution in [0.2, 0.25) is 0 Å². The minimum absolute atomic E-state index is 0.206. The minimum Gasteiger partial charge on any atom is -0.481 e. The Labute approximate surface area is 191 Å². The van der Waals surface area contributed by atoms with Crippen molar-refractivity contribution >= 4 is 41.4 Å². The average molecular weight is 478 g/mol. The van der Waals surface area contributed by atoms with Crippen molar-refractivity contribution in [2.75, 3.05) is 18.6 Å². The van der Waals surface area contributed by atoms with E-state index in [0.717, 1.165) is 0 Å². The lowest BCUT2D eigenvalue weighted by molar-refractivity contribution is -0.142. The molecule has 0 aromatic carbocycles. The topological polar surface area (TPSA) is 214 Å². The first-order valence-corrected chi connectivity index (χ1v) is 11.7. The number of unbranched alkanes of at least 4 members (excludes halogenated alkanes) is 1. The van der Waals surface area contributed by atoms with Gasteiger partial charge in [-0.15, -0.1) is 0 Å². The van der Waals surface area contributed by atoms with Crippen molar-refractivity contribution < 1.29 is 34.2 Å². The predicted octanol–water partition coefficient (Wildman–Crippen LogP) is -1.38. The Morgan fingerprint density at radius 1 is 0.875 bits per heavy atom. The maximum Gasteiger partial charge on any atom is 0.326 e.